The number of carbonyl (C=O) groups excluding carboxylic acids is 1. The Bertz CT molecular complexity index is 1790. The van der Waals surface area contributed by atoms with Crippen molar-refractivity contribution < 1.29 is 136 Å². The monoisotopic (exact) mass is 1730 g/mol. The van der Waals surface area contributed by atoms with Gasteiger partial charge in [0.2, 0.25) is 5.91 Å². The number of hydrogen-bond donors (Lipinski definition) is 2. The molecule has 31 nitrogen and oxygen atoms in total. The van der Waals surface area contributed by atoms with E-state index >= 15 is 0 Å². The second kappa shape index (κ2) is 108. The first kappa shape index (κ1) is 119. The van der Waals surface area contributed by atoms with E-state index in [0.717, 1.165) is 44.9 Å². The van der Waals surface area contributed by atoms with E-state index in [0.29, 0.717) is 316 Å². The molecule has 0 radical (unpaired) electrons. The van der Waals surface area contributed by atoms with Crippen LogP contribution in [0.25, 0.3) is 0 Å². The van der Waals surface area contributed by atoms with Gasteiger partial charge in [-0.2, -0.15) is 5.26 Å². The Morgan fingerprint density at radius 2 is 0.521 bits per heavy atom. The average molecular weight is 1730 g/mol. The van der Waals surface area contributed by atoms with Crippen molar-refractivity contribution in [3.8, 4) is 6.26 Å². The van der Waals surface area contributed by atoms with Crippen LogP contribution in [0.1, 0.15) is 196 Å². The first-order valence-corrected chi connectivity index (χ1v) is 49.1. The molecule has 0 aliphatic heterocycles. The summed E-state index contributed by atoms with van der Waals surface area (Å²) in [6.07, 6.45) is 30.8. The molecule has 702 valence electrons. The molecule has 0 saturated carbocycles. The van der Waals surface area contributed by atoms with Gasteiger partial charge in [-0.05, 0) is 66.3 Å². The van der Waals surface area contributed by atoms with Crippen LogP contribution in [0.15, 0.2) is 0 Å². The molecule has 33 heteroatoms. The number of nitriles is 1. The summed E-state index contributed by atoms with van der Waals surface area (Å²) in [6, 6.07) is 1.45. The topological polar surface area (TPSA) is 322 Å². The average Bonchev–Trinajstić information content (AvgIpc) is 0.892. The van der Waals surface area contributed by atoms with Gasteiger partial charge in [0.05, 0.1) is 264 Å². The van der Waals surface area contributed by atoms with Crippen LogP contribution < -0.4 is 5.32 Å². The number of hydrogen-bond acceptors (Lipinski definition) is 30. The van der Waals surface area contributed by atoms with Crippen LogP contribution >= 0.6 is 0 Å². The van der Waals surface area contributed by atoms with Gasteiger partial charge >= 0.3 is 17.4 Å². The minimum Gasteiger partial charge on any atom is -0.428 e. The van der Waals surface area contributed by atoms with E-state index in [1.165, 1.54) is 116 Å². The number of aliphatic hydroxyl groups excluding tert-OH is 1. The molecule has 0 aromatic rings. The number of nitrogens with one attached hydrogen (secondary N) is 1. The molecule has 1 amide bonds. The molecule has 2 N–H and O–H groups in total. The summed E-state index contributed by atoms with van der Waals surface area (Å²) in [7, 11) is -3.28. The first-order valence-electron chi connectivity index (χ1n) is 44.9. The van der Waals surface area contributed by atoms with Crippen molar-refractivity contribution in [2.45, 2.75) is 208 Å². The van der Waals surface area contributed by atoms with Gasteiger partial charge in [-0.25, -0.2) is 0 Å². The summed E-state index contributed by atoms with van der Waals surface area (Å²) in [5.41, 5.74) is 0. The predicted octanol–water partition coefficient (Wildman–Crippen LogP) is 11.7. The number of rotatable bonds is 101. The summed E-state index contributed by atoms with van der Waals surface area (Å²) in [5, 5.41) is 19.7. The van der Waals surface area contributed by atoms with Crippen molar-refractivity contribution in [2.24, 2.45) is 0 Å². The van der Waals surface area contributed by atoms with Crippen LogP contribution in [0.3, 0.4) is 0 Å². The Morgan fingerprint density at radius 3 is 0.761 bits per heavy atom. The van der Waals surface area contributed by atoms with Gasteiger partial charge in [-0.1, -0.05) is 129 Å². The van der Waals surface area contributed by atoms with Crippen LogP contribution in [0.4, 0.5) is 0 Å². The highest BCUT2D eigenvalue weighted by molar-refractivity contribution is 6.67. The van der Waals surface area contributed by atoms with Gasteiger partial charge in [-0.3, -0.25) is 4.79 Å². The van der Waals surface area contributed by atoms with Crippen molar-refractivity contribution in [3.05, 3.63) is 0 Å². The third kappa shape index (κ3) is 101. The van der Waals surface area contributed by atoms with Gasteiger partial charge < -0.3 is 137 Å². The zero-order chi connectivity index (χ0) is 85.4. The Morgan fingerprint density at radius 1 is 0.282 bits per heavy atom. The maximum Gasteiger partial charge on any atom is 0.500 e. The summed E-state index contributed by atoms with van der Waals surface area (Å²) in [6.45, 7) is 39.3. The zero-order valence-corrected chi connectivity index (χ0v) is 77.2. The van der Waals surface area contributed by atoms with Gasteiger partial charge in [0.15, 0.2) is 0 Å². The van der Waals surface area contributed by atoms with Crippen molar-refractivity contribution in [1.29, 1.82) is 5.26 Å². The lowest BCUT2D eigenvalue weighted by molar-refractivity contribution is -0.122. The van der Waals surface area contributed by atoms with E-state index in [1.54, 1.807) is 13.4 Å². The number of methoxy groups -OCH3 is 1. The van der Waals surface area contributed by atoms with E-state index in [-0.39, 0.29) is 12.5 Å². The summed E-state index contributed by atoms with van der Waals surface area (Å²) in [5.74, 6) is -0.0488. The lowest BCUT2D eigenvalue weighted by Crippen LogP contribution is -2.47. The quantitative estimate of drug-likeness (QED) is 0.0324. The Labute approximate surface area is 711 Å². The number of amides is 1. The third-order valence-corrected chi connectivity index (χ3v) is 23.4. The van der Waals surface area contributed by atoms with Gasteiger partial charge in [0.1, 0.15) is 6.61 Å². The van der Waals surface area contributed by atoms with Crippen molar-refractivity contribution in [1.82, 2.24) is 5.32 Å². The molecular weight excluding hydrogens is 1560 g/mol. The lowest BCUT2D eigenvalue weighted by atomic mass is 10.1. The highest BCUT2D eigenvalue weighted by Crippen LogP contribution is 2.19. The van der Waals surface area contributed by atoms with E-state index in [1.807, 2.05) is 34.6 Å². The minimum absolute atomic E-state index is 0.0303. The zero-order valence-electron chi connectivity index (χ0n) is 75.2. The number of unbranched alkanes of at least 4 members (excludes halogenated alkanes) is 18. The number of nitrogens with zero attached hydrogens (tertiary/aromatic N) is 1. The molecule has 0 bridgehead atoms. The summed E-state index contributed by atoms with van der Waals surface area (Å²) < 4.78 is 149. The molecule has 0 aliphatic rings. The van der Waals surface area contributed by atoms with Crippen LogP contribution in [-0.2, 0) is 131 Å². The Balaban J connectivity index is -0.00000192. The maximum atomic E-state index is 12.1. The smallest absolute Gasteiger partial charge is 0.428 e. The van der Waals surface area contributed by atoms with Crippen LogP contribution in [-0.4, -0.2) is 359 Å². The summed E-state index contributed by atoms with van der Waals surface area (Å²) >= 11 is 0. The molecule has 0 aromatic carbocycles. The van der Waals surface area contributed by atoms with Gasteiger partial charge in [0.25, 0.3) is 6.26 Å². The molecule has 0 fully saturated rings. The van der Waals surface area contributed by atoms with E-state index in [2.05, 4.69) is 23.9 Å². The van der Waals surface area contributed by atoms with Crippen molar-refractivity contribution in [2.75, 3.05) is 330 Å². The van der Waals surface area contributed by atoms with Crippen molar-refractivity contribution >= 4 is 23.3 Å². The van der Waals surface area contributed by atoms with Crippen LogP contribution in [0.2, 0.25) is 12.1 Å². The van der Waals surface area contributed by atoms with E-state index in [4.69, 9.17) is 132 Å². The van der Waals surface area contributed by atoms with Crippen molar-refractivity contribution in [3.63, 3.8) is 0 Å². The van der Waals surface area contributed by atoms with E-state index in [9.17, 15) is 4.79 Å². The third-order valence-electron chi connectivity index (χ3n) is 16.8. The van der Waals surface area contributed by atoms with E-state index < -0.39 is 17.4 Å². The molecule has 117 heavy (non-hydrogen) atoms. The molecule has 0 atom stereocenters. The Hall–Kier alpha value is -1.89. The fourth-order valence-corrected chi connectivity index (χ4v) is 16.4. The Kier molecular flexibility index (Phi) is 110. The number of ether oxygens (including phenoxy) is 22. The molecular formula is C84H174N2O29Si2. The number of carbonyl (C=O) groups is 1. The molecule has 0 spiro atoms. The van der Waals surface area contributed by atoms with Gasteiger partial charge in [-0.15, -0.1) is 0 Å². The molecule has 0 aromatic heterocycles. The molecule has 0 saturated heterocycles. The van der Waals surface area contributed by atoms with Gasteiger partial charge in [0, 0.05) is 72.4 Å². The second-order valence-corrected chi connectivity index (χ2v) is 32.7. The van der Waals surface area contributed by atoms with Crippen LogP contribution in [0.5, 0.6) is 0 Å². The van der Waals surface area contributed by atoms with Crippen LogP contribution in [0, 0.1) is 11.5 Å². The maximum absolute atomic E-state index is 12.1. The SMILES string of the molecule is CCCCCCCCCCCCOCCOCCOCCOCCOCCOCCOCCOCCOCCOCCC(=O)NCCC[Si](OCC)(OCC)OCC.CCCCCCCCCCCCOCCOCCOCCOCCOCCOCCOCCOCCOCCOCCO.CCO[Si](CCCOC#N)(COC)OCC. The highest BCUT2D eigenvalue weighted by atomic mass is 28.4. The largest absolute Gasteiger partial charge is 0.500 e. The second-order valence-electron chi connectivity index (χ2n) is 26.8. The number of aliphatic hydroxyl groups is 1. The molecule has 0 aliphatic carbocycles. The molecule has 0 rings (SSSR count). The highest BCUT2D eigenvalue weighted by Gasteiger charge is 2.40. The normalized spacial score (nSPS) is 11.7. The fourth-order valence-electron chi connectivity index (χ4n) is 10.9. The molecule has 0 unspecified atom stereocenters. The standard InChI is InChI=1S/C42H87NO14Si.C32H66O11.C10H21NO4Si/c1-5-9-10-11-12-13-14-15-16-17-21-45-23-25-47-27-29-49-31-33-51-35-37-53-39-40-54-38-36-52-34-32-50-30-28-48-26-24-46-22-19-42(44)43-20-18-41-58(55-6-2,56-7-3)57-8-4;1-2-3-4-5-6-7-8-9-10-11-13-34-15-17-36-19-21-38-23-25-40-27-29-42-31-32-43-30-28-41-26-24-39-22-20-37-18-16-35-14-12-33;1-4-14-16(10-12-3,15-5-2)8-6-7-13-9-11/h5-41H2,1-4H3,(H,43,44);33H,2-32H2,1H3;4-8,10H2,1-3H3. The predicted molar refractivity (Wildman–Crippen MR) is 457 cm³/mol. The fraction of sp³-hybridized carbons (Fsp3) is 0.976. The summed E-state index contributed by atoms with van der Waals surface area (Å²) in [4.78, 5) is 12.1. The first-order chi connectivity index (χ1) is 57.8. The lowest BCUT2D eigenvalue weighted by Gasteiger charge is -2.29. The molecule has 0 heterocycles. The minimum atomic E-state index is -2.67.